The molecule has 1 aliphatic heterocycles. The van der Waals surface area contributed by atoms with E-state index in [2.05, 4.69) is 0 Å². The van der Waals surface area contributed by atoms with Gasteiger partial charge in [0.05, 0.1) is 30.2 Å². The summed E-state index contributed by atoms with van der Waals surface area (Å²) in [5.41, 5.74) is 3.02. The summed E-state index contributed by atoms with van der Waals surface area (Å²) in [5.74, 6) is -2.09. The summed E-state index contributed by atoms with van der Waals surface area (Å²) in [4.78, 5) is 33.3. The Kier molecular flexibility index (Phi) is 5.38. The van der Waals surface area contributed by atoms with Gasteiger partial charge < -0.3 is 9.30 Å². The van der Waals surface area contributed by atoms with Gasteiger partial charge in [-0.25, -0.2) is 9.37 Å². The van der Waals surface area contributed by atoms with E-state index < -0.39 is 29.7 Å². The van der Waals surface area contributed by atoms with Crippen LogP contribution in [-0.2, 0) is 20.9 Å². The second-order valence-electron chi connectivity index (χ2n) is 7.91. The number of rotatable bonds is 5. The average Bonchev–Trinajstić information content (AvgIpc) is 3.21. The molecule has 0 aliphatic carbocycles. The van der Waals surface area contributed by atoms with E-state index >= 15 is 0 Å². The summed E-state index contributed by atoms with van der Waals surface area (Å²) in [7, 11) is 0. The highest BCUT2D eigenvalue weighted by Crippen LogP contribution is 2.41. The third-order valence-corrected chi connectivity index (χ3v) is 5.88. The van der Waals surface area contributed by atoms with Crippen LogP contribution in [0.5, 0.6) is 0 Å². The third kappa shape index (κ3) is 3.65. The number of para-hydroxylation sites is 2. The minimum atomic E-state index is -1.13. The van der Waals surface area contributed by atoms with Gasteiger partial charge in [-0.2, -0.15) is 0 Å². The van der Waals surface area contributed by atoms with Crippen molar-refractivity contribution in [2.45, 2.75) is 19.5 Å². The number of hydrogen-bond acceptors (Lipinski definition) is 4. The van der Waals surface area contributed by atoms with Crippen molar-refractivity contribution in [1.82, 2.24) is 9.55 Å². The van der Waals surface area contributed by atoms with E-state index in [1.54, 1.807) is 19.1 Å². The molecule has 0 saturated heterocycles. The number of halogens is 1. The van der Waals surface area contributed by atoms with Crippen molar-refractivity contribution in [3.05, 3.63) is 95.8 Å². The summed E-state index contributed by atoms with van der Waals surface area (Å²) in [6, 6.07) is 22.2. The second-order valence-corrected chi connectivity index (χ2v) is 7.91. The maximum Gasteiger partial charge on any atom is 0.321 e. The van der Waals surface area contributed by atoms with Crippen molar-refractivity contribution in [2.75, 3.05) is 11.5 Å². The number of fused-ring (bicyclic) bond motifs is 3. The fourth-order valence-electron chi connectivity index (χ4n) is 4.42. The van der Waals surface area contributed by atoms with Crippen molar-refractivity contribution < 1.29 is 18.7 Å². The molecule has 1 aliphatic rings. The van der Waals surface area contributed by atoms with Crippen LogP contribution in [0.15, 0.2) is 78.9 Å². The number of amides is 1. The van der Waals surface area contributed by atoms with Crippen LogP contribution in [0.1, 0.15) is 24.1 Å². The lowest BCUT2D eigenvalue weighted by Gasteiger charge is -2.38. The topological polar surface area (TPSA) is 64.4 Å². The SMILES string of the molecule is CCOC(=O)[C@@H]1C(=O)N(Cc2ccccc2)c2nc3ccccc3n2[C@H]1c1ccc(F)cc1. The Bertz CT molecular complexity index is 1320. The van der Waals surface area contributed by atoms with Gasteiger partial charge in [-0.3, -0.25) is 14.5 Å². The number of nitrogens with zero attached hydrogens (tertiary/aromatic N) is 3. The number of hydrogen-bond donors (Lipinski definition) is 0. The molecule has 1 aromatic heterocycles. The molecule has 5 rings (SSSR count). The Morgan fingerprint density at radius 2 is 1.70 bits per heavy atom. The van der Waals surface area contributed by atoms with Crippen molar-refractivity contribution >= 4 is 28.9 Å². The molecule has 33 heavy (non-hydrogen) atoms. The Morgan fingerprint density at radius 3 is 2.42 bits per heavy atom. The molecule has 6 nitrogen and oxygen atoms in total. The van der Waals surface area contributed by atoms with Crippen LogP contribution in [-0.4, -0.2) is 28.0 Å². The Morgan fingerprint density at radius 1 is 1.00 bits per heavy atom. The second kappa shape index (κ2) is 8.50. The van der Waals surface area contributed by atoms with Gasteiger partial charge in [-0.15, -0.1) is 0 Å². The lowest BCUT2D eigenvalue weighted by atomic mass is 9.89. The van der Waals surface area contributed by atoms with Gasteiger partial charge >= 0.3 is 5.97 Å². The first-order valence-corrected chi connectivity index (χ1v) is 10.8. The fraction of sp³-hybridized carbons (Fsp3) is 0.192. The fourth-order valence-corrected chi connectivity index (χ4v) is 4.42. The molecule has 0 bridgehead atoms. The zero-order chi connectivity index (χ0) is 22.9. The predicted octanol–water partition coefficient (Wildman–Crippen LogP) is 4.49. The zero-order valence-corrected chi connectivity index (χ0v) is 18.0. The van der Waals surface area contributed by atoms with Crippen LogP contribution >= 0.6 is 0 Å². The Labute approximate surface area is 190 Å². The molecule has 0 unspecified atom stereocenters. The molecule has 166 valence electrons. The van der Waals surface area contributed by atoms with E-state index in [0.717, 1.165) is 11.1 Å². The first-order valence-electron chi connectivity index (χ1n) is 10.8. The molecule has 0 fully saturated rings. The minimum Gasteiger partial charge on any atom is -0.465 e. The van der Waals surface area contributed by atoms with Gasteiger partial charge in [0.2, 0.25) is 11.9 Å². The molecular weight excluding hydrogens is 421 g/mol. The molecule has 0 radical (unpaired) electrons. The standard InChI is InChI=1S/C26H22FN3O3/c1-2-33-25(32)22-23(18-12-14-19(27)15-13-18)30-21-11-7-6-10-20(21)28-26(30)29(24(22)31)16-17-8-4-3-5-9-17/h3-15,22-23H,2,16H2,1H3/t22-,23-/m0/s1. The van der Waals surface area contributed by atoms with Crippen molar-refractivity contribution in [1.29, 1.82) is 0 Å². The summed E-state index contributed by atoms with van der Waals surface area (Å²) in [5, 5.41) is 0. The number of anilines is 1. The zero-order valence-electron chi connectivity index (χ0n) is 18.0. The van der Waals surface area contributed by atoms with E-state index in [1.165, 1.54) is 17.0 Å². The van der Waals surface area contributed by atoms with Crippen LogP contribution in [0, 0.1) is 11.7 Å². The lowest BCUT2D eigenvalue weighted by molar-refractivity contribution is -0.153. The van der Waals surface area contributed by atoms with Gasteiger partial charge in [0.25, 0.3) is 0 Å². The van der Waals surface area contributed by atoms with Gasteiger partial charge in [0, 0.05) is 0 Å². The maximum absolute atomic E-state index is 13.8. The van der Waals surface area contributed by atoms with E-state index in [-0.39, 0.29) is 13.2 Å². The molecule has 2 atom stereocenters. The molecule has 4 aromatic rings. The van der Waals surface area contributed by atoms with Crippen LogP contribution in [0.4, 0.5) is 10.3 Å². The molecule has 2 heterocycles. The van der Waals surface area contributed by atoms with Crippen LogP contribution in [0.3, 0.4) is 0 Å². The van der Waals surface area contributed by atoms with Crippen LogP contribution in [0.2, 0.25) is 0 Å². The van der Waals surface area contributed by atoms with Crippen molar-refractivity contribution in [3.8, 4) is 0 Å². The van der Waals surface area contributed by atoms with E-state index in [9.17, 15) is 14.0 Å². The Hall–Kier alpha value is -4.00. The molecule has 3 aromatic carbocycles. The van der Waals surface area contributed by atoms with E-state index in [4.69, 9.17) is 9.72 Å². The van der Waals surface area contributed by atoms with Gasteiger partial charge in [0.15, 0.2) is 5.92 Å². The summed E-state index contributed by atoms with van der Waals surface area (Å²) < 4.78 is 20.9. The van der Waals surface area contributed by atoms with Crippen molar-refractivity contribution in [2.24, 2.45) is 5.92 Å². The van der Waals surface area contributed by atoms with E-state index in [0.29, 0.717) is 17.0 Å². The number of aromatic nitrogens is 2. The summed E-state index contributed by atoms with van der Waals surface area (Å²) >= 11 is 0. The predicted molar refractivity (Wildman–Crippen MR) is 122 cm³/mol. The van der Waals surface area contributed by atoms with Crippen LogP contribution in [0.25, 0.3) is 11.0 Å². The minimum absolute atomic E-state index is 0.148. The number of esters is 1. The maximum atomic E-state index is 13.8. The molecule has 1 amide bonds. The molecular formula is C26H22FN3O3. The lowest BCUT2D eigenvalue weighted by Crippen LogP contribution is -2.49. The van der Waals surface area contributed by atoms with Crippen LogP contribution < -0.4 is 4.90 Å². The third-order valence-electron chi connectivity index (χ3n) is 5.88. The van der Waals surface area contributed by atoms with Crippen molar-refractivity contribution in [3.63, 3.8) is 0 Å². The molecule has 7 heteroatoms. The quantitative estimate of drug-likeness (QED) is 0.337. The molecule has 0 N–H and O–H groups in total. The monoisotopic (exact) mass is 443 g/mol. The normalized spacial score (nSPS) is 17.8. The van der Waals surface area contributed by atoms with E-state index in [1.807, 2.05) is 59.2 Å². The highest BCUT2D eigenvalue weighted by Gasteiger charge is 2.47. The van der Waals surface area contributed by atoms with Gasteiger partial charge in [-0.1, -0.05) is 54.6 Å². The smallest absolute Gasteiger partial charge is 0.321 e. The highest BCUT2D eigenvalue weighted by atomic mass is 19.1. The average molecular weight is 443 g/mol. The van der Waals surface area contributed by atoms with Gasteiger partial charge in [0.1, 0.15) is 5.82 Å². The first-order chi connectivity index (χ1) is 16.1. The number of ether oxygens (including phenoxy) is 1. The Balaban J connectivity index is 1.75. The van der Waals surface area contributed by atoms with Gasteiger partial charge in [-0.05, 0) is 42.3 Å². The summed E-state index contributed by atoms with van der Waals surface area (Å²) in [6.45, 7) is 2.11. The number of carbonyl (C=O) groups excluding carboxylic acids is 2. The number of imidazole rings is 1. The molecule has 0 saturated carbocycles. The largest absolute Gasteiger partial charge is 0.465 e. The number of carbonyl (C=O) groups is 2. The highest BCUT2D eigenvalue weighted by molar-refractivity contribution is 6.08. The number of benzene rings is 3. The first kappa shape index (κ1) is 20.9. The summed E-state index contributed by atoms with van der Waals surface area (Å²) in [6.07, 6.45) is 0. The molecule has 0 spiro atoms.